The molecule has 0 aliphatic heterocycles. The molecule has 1 aliphatic rings. The minimum absolute atomic E-state index is 0.181. The number of nitrogens with one attached hydrogen (secondary N) is 1. The second kappa shape index (κ2) is 7.42. The monoisotopic (exact) mass is 288 g/mol. The van der Waals surface area contributed by atoms with Gasteiger partial charge in [-0.25, -0.2) is 0 Å². The molecule has 118 valence electrons. The fourth-order valence-electron chi connectivity index (χ4n) is 2.60. The molecule has 2 nitrogen and oxygen atoms in total. The van der Waals surface area contributed by atoms with Crippen LogP contribution in [0.25, 0.3) is 0 Å². The zero-order valence-electron chi connectivity index (χ0n) is 14.3. The summed E-state index contributed by atoms with van der Waals surface area (Å²) in [6.07, 6.45) is 4.13. The van der Waals surface area contributed by atoms with Gasteiger partial charge in [0.05, 0.1) is 0 Å². The zero-order valence-corrected chi connectivity index (χ0v) is 14.3. The van der Waals surface area contributed by atoms with E-state index in [1.165, 1.54) is 43.5 Å². The number of hydrogen-bond acceptors (Lipinski definition) is 2. The molecule has 0 spiro atoms. The van der Waals surface area contributed by atoms with Gasteiger partial charge in [0.2, 0.25) is 0 Å². The molecule has 1 N–H and O–H groups in total. The lowest BCUT2D eigenvalue weighted by Crippen LogP contribution is -2.35. The van der Waals surface area contributed by atoms with E-state index in [1.54, 1.807) is 0 Å². The molecule has 0 radical (unpaired) electrons. The summed E-state index contributed by atoms with van der Waals surface area (Å²) in [5.74, 6) is 0.979. The van der Waals surface area contributed by atoms with Gasteiger partial charge in [-0.15, -0.1) is 0 Å². The van der Waals surface area contributed by atoms with Crippen molar-refractivity contribution in [3.63, 3.8) is 0 Å². The second-order valence-corrected chi connectivity index (χ2v) is 7.60. The van der Waals surface area contributed by atoms with Crippen LogP contribution in [-0.4, -0.2) is 23.5 Å². The van der Waals surface area contributed by atoms with E-state index in [0.717, 1.165) is 19.0 Å². The summed E-state index contributed by atoms with van der Waals surface area (Å²) < 4.78 is 0. The van der Waals surface area contributed by atoms with Crippen LogP contribution in [0, 0.1) is 5.92 Å². The van der Waals surface area contributed by atoms with Crippen LogP contribution in [0.1, 0.15) is 58.1 Å². The summed E-state index contributed by atoms with van der Waals surface area (Å²) in [4.78, 5) is 2.63. The van der Waals surface area contributed by atoms with Gasteiger partial charge in [-0.1, -0.05) is 31.2 Å². The minimum atomic E-state index is 0.181. The summed E-state index contributed by atoms with van der Waals surface area (Å²) in [6, 6.07) is 9.15. The minimum Gasteiger partial charge on any atom is -0.308 e. The van der Waals surface area contributed by atoms with E-state index in [9.17, 15) is 0 Å². The molecule has 1 fully saturated rings. The van der Waals surface area contributed by atoms with Gasteiger partial charge in [0.1, 0.15) is 0 Å². The Labute approximate surface area is 130 Å². The van der Waals surface area contributed by atoms with Crippen LogP contribution in [-0.2, 0) is 13.1 Å². The van der Waals surface area contributed by atoms with E-state index in [-0.39, 0.29) is 5.54 Å². The third-order valence-corrected chi connectivity index (χ3v) is 4.01. The fourth-order valence-corrected chi connectivity index (χ4v) is 2.60. The molecule has 1 saturated carbocycles. The number of rotatable bonds is 8. The summed E-state index contributed by atoms with van der Waals surface area (Å²) >= 11 is 0. The van der Waals surface area contributed by atoms with E-state index >= 15 is 0 Å². The molecule has 0 atom stereocenters. The lowest BCUT2D eigenvalue weighted by Gasteiger charge is -2.22. The maximum absolute atomic E-state index is 3.54. The van der Waals surface area contributed by atoms with Crippen molar-refractivity contribution >= 4 is 0 Å². The Morgan fingerprint density at radius 1 is 1.10 bits per heavy atom. The summed E-state index contributed by atoms with van der Waals surface area (Å²) in [6.45, 7) is 13.5. The Hall–Kier alpha value is -0.860. The molecule has 1 aromatic rings. The zero-order chi connectivity index (χ0) is 15.3. The van der Waals surface area contributed by atoms with Crippen molar-refractivity contribution in [3.05, 3.63) is 35.4 Å². The predicted octanol–water partition coefficient (Wildman–Crippen LogP) is 4.20. The molecular weight excluding hydrogens is 256 g/mol. The van der Waals surface area contributed by atoms with E-state index in [1.807, 2.05) is 0 Å². The first kappa shape index (κ1) is 16.5. The van der Waals surface area contributed by atoms with Crippen LogP contribution in [0.3, 0.4) is 0 Å². The second-order valence-electron chi connectivity index (χ2n) is 7.60. The van der Waals surface area contributed by atoms with Gasteiger partial charge in [0.25, 0.3) is 0 Å². The topological polar surface area (TPSA) is 15.3 Å². The first-order valence-electron chi connectivity index (χ1n) is 8.51. The van der Waals surface area contributed by atoms with Crippen LogP contribution in [0.2, 0.25) is 0 Å². The first-order chi connectivity index (χ1) is 9.96. The molecule has 2 rings (SSSR count). The highest BCUT2D eigenvalue weighted by atomic mass is 15.1. The lowest BCUT2D eigenvalue weighted by molar-refractivity contribution is 0.255. The Morgan fingerprint density at radius 2 is 1.71 bits per heavy atom. The summed E-state index contributed by atoms with van der Waals surface area (Å²) in [5, 5.41) is 3.54. The molecular formula is C19H32N2. The van der Waals surface area contributed by atoms with Gasteiger partial charge >= 0.3 is 0 Å². The molecule has 0 aromatic heterocycles. The van der Waals surface area contributed by atoms with Gasteiger partial charge in [0, 0.05) is 25.2 Å². The Balaban J connectivity index is 1.85. The highest BCUT2D eigenvalue weighted by Gasteiger charge is 2.23. The van der Waals surface area contributed by atoms with Crippen molar-refractivity contribution in [1.29, 1.82) is 0 Å². The van der Waals surface area contributed by atoms with Gasteiger partial charge in [-0.2, -0.15) is 0 Å². The molecule has 0 unspecified atom stereocenters. The van der Waals surface area contributed by atoms with Gasteiger partial charge in [-0.3, -0.25) is 4.90 Å². The van der Waals surface area contributed by atoms with Crippen LogP contribution in [0.15, 0.2) is 24.3 Å². The van der Waals surface area contributed by atoms with Crippen molar-refractivity contribution in [3.8, 4) is 0 Å². The average Bonchev–Trinajstić information content (AvgIpc) is 3.21. The average molecular weight is 288 g/mol. The van der Waals surface area contributed by atoms with Crippen LogP contribution in [0.5, 0.6) is 0 Å². The number of benzene rings is 1. The highest BCUT2D eigenvalue weighted by molar-refractivity contribution is 5.22. The van der Waals surface area contributed by atoms with E-state index in [0.29, 0.717) is 0 Å². The lowest BCUT2D eigenvalue weighted by atomic mass is 10.1. The molecule has 21 heavy (non-hydrogen) atoms. The van der Waals surface area contributed by atoms with Crippen molar-refractivity contribution in [2.45, 2.75) is 65.6 Å². The molecule has 1 aliphatic carbocycles. The van der Waals surface area contributed by atoms with E-state index in [4.69, 9.17) is 0 Å². The fraction of sp³-hybridized carbons (Fsp3) is 0.684. The number of hydrogen-bond donors (Lipinski definition) is 1. The maximum Gasteiger partial charge on any atom is 0.0233 e. The van der Waals surface area contributed by atoms with Gasteiger partial charge in [0.15, 0.2) is 0 Å². The van der Waals surface area contributed by atoms with Crippen LogP contribution >= 0.6 is 0 Å². The summed E-state index contributed by atoms with van der Waals surface area (Å²) in [7, 11) is 0. The summed E-state index contributed by atoms with van der Waals surface area (Å²) in [5.41, 5.74) is 3.00. The third kappa shape index (κ3) is 6.62. The van der Waals surface area contributed by atoms with Crippen LogP contribution < -0.4 is 5.32 Å². The Bertz CT molecular complexity index is 412. The Morgan fingerprint density at radius 3 is 2.24 bits per heavy atom. The quantitative estimate of drug-likeness (QED) is 0.771. The Kier molecular flexibility index (Phi) is 5.83. The van der Waals surface area contributed by atoms with Crippen molar-refractivity contribution < 1.29 is 0 Å². The van der Waals surface area contributed by atoms with Crippen molar-refractivity contribution in [1.82, 2.24) is 10.2 Å². The van der Waals surface area contributed by atoms with Crippen molar-refractivity contribution in [2.75, 3.05) is 13.1 Å². The molecule has 0 bridgehead atoms. The molecule has 1 aromatic carbocycles. The van der Waals surface area contributed by atoms with Gasteiger partial charge < -0.3 is 5.32 Å². The smallest absolute Gasteiger partial charge is 0.0233 e. The standard InChI is InChI=1S/C19H32N2/c1-5-12-21(15-18-10-11-18)14-17-8-6-16(7-9-17)13-20-19(2,3)4/h6-9,18,20H,5,10-15H2,1-4H3. The molecule has 0 heterocycles. The first-order valence-corrected chi connectivity index (χ1v) is 8.51. The van der Waals surface area contributed by atoms with Crippen molar-refractivity contribution in [2.24, 2.45) is 5.92 Å². The normalized spacial score (nSPS) is 15.7. The SMILES string of the molecule is CCCN(Cc1ccc(CNC(C)(C)C)cc1)CC1CC1. The predicted molar refractivity (Wildman–Crippen MR) is 91.3 cm³/mol. The van der Waals surface area contributed by atoms with E-state index < -0.39 is 0 Å². The van der Waals surface area contributed by atoms with Crippen LogP contribution in [0.4, 0.5) is 0 Å². The van der Waals surface area contributed by atoms with Gasteiger partial charge in [-0.05, 0) is 63.6 Å². The number of nitrogens with zero attached hydrogens (tertiary/aromatic N) is 1. The molecule has 2 heteroatoms. The molecule has 0 amide bonds. The molecule has 0 saturated heterocycles. The maximum atomic E-state index is 3.54. The largest absolute Gasteiger partial charge is 0.308 e. The highest BCUT2D eigenvalue weighted by Crippen LogP contribution is 2.30. The van der Waals surface area contributed by atoms with E-state index in [2.05, 4.69) is 62.2 Å². The third-order valence-electron chi connectivity index (χ3n) is 4.01.